The number of rotatable bonds is 6. The van der Waals surface area contributed by atoms with Crippen LogP contribution in [0.25, 0.3) is 0 Å². The van der Waals surface area contributed by atoms with E-state index in [1.54, 1.807) is 10.4 Å². The zero-order valence-electron chi connectivity index (χ0n) is 13.3. The summed E-state index contributed by atoms with van der Waals surface area (Å²) in [6.07, 6.45) is 2.24. The van der Waals surface area contributed by atoms with Crippen molar-refractivity contribution in [2.45, 2.75) is 58.1 Å². The van der Waals surface area contributed by atoms with Gasteiger partial charge in [-0.2, -0.15) is 4.31 Å². The van der Waals surface area contributed by atoms with E-state index in [0.717, 1.165) is 24.0 Å². The van der Waals surface area contributed by atoms with Gasteiger partial charge in [0.05, 0.1) is 11.5 Å². The van der Waals surface area contributed by atoms with Gasteiger partial charge < -0.3 is 5.11 Å². The molecule has 1 aliphatic carbocycles. The van der Waals surface area contributed by atoms with E-state index in [0.29, 0.717) is 22.9 Å². The average Bonchev–Trinajstić information content (AvgIpc) is 3.19. The Labute approximate surface area is 127 Å². The molecular weight excluding hydrogens is 286 g/mol. The summed E-state index contributed by atoms with van der Waals surface area (Å²) in [5.74, 6) is 0.505. The van der Waals surface area contributed by atoms with Crippen LogP contribution in [0.2, 0.25) is 0 Å². The zero-order valence-corrected chi connectivity index (χ0v) is 14.1. The second kappa shape index (κ2) is 6.07. The van der Waals surface area contributed by atoms with Crippen LogP contribution < -0.4 is 0 Å². The Balaban J connectivity index is 2.45. The van der Waals surface area contributed by atoms with Crippen molar-refractivity contribution < 1.29 is 13.5 Å². The molecule has 5 heteroatoms. The molecule has 118 valence electrons. The quantitative estimate of drug-likeness (QED) is 0.878. The van der Waals surface area contributed by atoms with Gasteiger partial charge in [-0.3, -0.25) is 0 Å². The van der Waals surface area contributed by atoms with Gasteiger partial charge in [0.1, 0.15) is 0 Å². The minimum Gasteiger partial charge on any atom is -0.392 e. The molecule has 0 amide bonds. The second-order valence-electron chi connectivity index (χ2n) is 6.31. The van der Waals surface area contributed by atoms with Crippen LogP contribution >= 0.6 is 0 Å². The molecule has 1 fully saturated rings. The summed E-state index contributed by atoms with van der Waals surface area (Å²) in [6.45, 7) is 7.99. The number of benzene rings is 1. The lowest BCUT2D eigenvalue weighted by Gasteiger charge is -2.27. The summed E-state index contributed by atoms with van der Waals surface area (Å²) in [7, 11) is -3.51. The van der Waals surface area contributed by atoms with Crippen molar-refractivity contribution in [3.63, 3.8) is 0 Å². The number of aryl methyl sites for hydroxylation is 2. The molecule has 1 aromatic carbocycles. The maximum Gasteiger partial charge on any atom is 0.243 e. The standard InChI is InChI=1S/C16H25NO3S/c1-11(2)17(9-14-5-6-14)21(19,20)16-8-15(10-18)12(3)7-13(16)4/h7-8,11,14,18H,5-6,9-10H2,1-4H3. The third-order valence-corrected chi connectivity index (χ3v) is 6.29. The predicted molar refractivity (Wildman–Crippen MR) is 83.6 cm³/mol. The molecule has 0 aliphatic heterocycles. The first-order valence-electron chi connectivity index (χ1n) is 7.50. The summed E-state index contributed by atoms with van der Waals surface area (Å²) in [4.78, 5) is 0.325. The van der Waals surface area contributed by atoms with Gasteiger partial charge in [-0.05, 0) is 69.2 Å². The van der Waals surface area contributed by atoms with Crippen molar-refractivity contribution >= 4 is 10.0 Å². The van der Waals surface area contributed by atoms with Crippen molar-refractivity contribution in [3.8, 4) is 0 Å². The maximum atomic E-state index is 13.0. The third-order valence-electron chi connectivity index (χ3n) is 4.10. The molecule has 2 rings (SSSR count). The Morgan fingerprint density at radius 3 is 2.33 bits per heavy atom. The Kier molecular flexibility index (Phi) is 4.76. The second-order valence-corrected chi connectivity index (χ2v) is 8.17. The molecule has 0 heterocycles. The average molecular weight is 311 g/mol. The van der Waals surface area contributed by atoms with Gasteiger partial charge in [0.15, 0.2) is 0 Å². The number of aliphatic hydroxyl groups excluding tert-OH is 1. The highest BCUT2D eigenvalue weighted by Gasteiger charge is 2.34. The van der Waals surface area contributed by atoms with E-state index in [1.807, 2.05) is 33.8 Å². The predicted octanol–water partition coefficient (Wildman–Crippen LogP) is 2.60. The molecule has 4 nitrogen and oxygen atoms in total. The normalized spacial score (nSPS) is 16.0. The Morgan fingerprint density at radius 1 is 1.24 bits per heavy atom. The van der Waals surface area contributed by atoms with Gasteiger partial charge in [0.25, 0.3) is 0 Å². The van der Waals surface area contributed by atoms with Crippen LogP contribution in [0.15, 0.2) is 17.0 Å². The van der Waals surface area contributed by atoms with Crippen molar-refractivity contribution in [3.05, 3.63) is 28.8 Å². The fourth-order valence-electron chi connectivity index (χ4n) is 2.59. The maximum absolute atomic E-state index is 13.0. The van der Waals surface area contributed by atoms with E-state index in [9.17, 15) is 13.5 Å². The van der Waals surface area contributed by atoms with Gasteiger partial charge in [-0.15, -0.1) is 0 Å². The van der Waals surface area contributed by atoms with Crippen LogP contribution in [0.1, 0.15) is 43.4 Å². The van der Waals surface area contributed by atoms with Crippen LogP contribution in [0.3, 0.4) is 0 Å². The van der Waals surface area contributed by atoms with Gasteiger partial charge >= 0.3 is 0 Å². The van der Waals surface area contributed by atoms with Crippen LogP contribution in [0.5, 0.6) is 0 Å². The Bertz CT molecular complexity index is 619. The first-order chi connectivity index (χ1) is 9.77. The minimum absolute atomic E-state index is 0.0612. The van der Waals surface area contributed by atoms with Gasteiger partial charge in [-0.1, -0.05) is 6.07 Å². The van der Waals surface area contributed by atoms with E-state index in [4.69, 9.17) is 0 Å². The summed E-state index contributed by atoms with van der Waals surface area (Å²) < 4.78 is 27.6. The van der Waals surface area contributed by atoms with E-state index >= 15 is 0 Å². The highest BCUT2D eigenvalue weighted by molar-refractivity contribution is 7.89. The van der Waals surface area contributed by atoms with Crippen molar-refractivity contribution in [1.82, 2.24) is 4.31 Å². The lowest BCUT2D eigenvalue weighted by atomic mass is 10.1. The molecule has 0 radical (unpaired) electrons. The van der Waals surface area contributed by atoms with E-state index < -0.39 is 10.0 Å². The molecule has 0 spiro atoms. The van der Waals surface area contributed by atoms with Gasteiger partial charge in [0.2, 0.25) is 10.0 Å². The first kappa shape index (κ1) is 16.5. The lowest BCUT2D eigenvalue weighted by molar-refractivity contribution is 0.280. The fourth-order valence-corrected chi connectivity index (χ4v) is 4.56. The topological polar surface area (TPSA) is 57.6 Å². The van der Waals surface area contributed by atoms with Crippen molar-refractivity contribution in [2.75, 3.05) is 6.54 Å². The summed E-state index contributed by atoms with van der Waals surface area (Å²) in [5, 5.41) is 9.39. The SMILES string of the molecule is Cc1cc(C)c(S(=O)(=O)N(CC2CC2)C(C)C)cc1CO. The molecular formula is C16H25NO3S. The smallest absolute Gasteiger partial charge is 0.243 e. The molecule has 0 unspecified atom stereocenters. The summed E-state index contributed by atoms with van der Waals surface area (Å²) >= 11 is 0. The molecule has 0 saturated heterocycles. The van der Waals surface area contributed by atoms with Crippen LogP contribution in [-0.2, 0) is 16.6 Å². The van der Waals surface area contributed by atoms with Crippen LogP contribution in [-0.4, -0.2) is 30.4 Å². The fraction of sp³-hybridized carbons (Fsp3) is 0.625. The summed E-state index contributed by atoms with van der Waals surface area (Å²) in [5.41, 5.74) is 2.34. The molecule has 0 aromatic heterocycles. The van der Waals surface area contributed by atoms with E-state index in [-0.39, 0.29) is 12.6 Å². The molecule has 1 N–H and O–H groups in total. The Morgan fingerprint density at radius 2 is 1.86 bits per heavy atom. The highest BCUT2D eigenvalue weighted by atomic mass is 32.2. The first-order valence-corrected chi connectivity index (χ1v) is 8.94. The molecule has 0 bridgehead atoms. The molecule has 0 atom stereocenters. The zero-order chi connectivity index (χ0) is 15.8. The molecule has 21 heavy (non-hydrogen) atoms. The van der Waals surface area contributed by atoms with E-state index in [1.165, 1.54) is 0 Å². The lowest BCUT2D eigenvalue weighted by Crippen LogP contribution is -2.38. The molecule has 1 saturated carbocycles. The number of nitrogens with zero attached hydrogens (tertiary/aromatic N) is 1. The minimum atomic E-state index is -3.51. The van der Waals surface area contributed by atoms with Crippen molar-refractivity contribution in [1.29, 1.82) is 0 Å². The summed E-state index contributed by atoms with van der Waals surface area (Å²) in [6, 6.07) is 3.41. The number of aliphatic hydroxyl groups is 1. The largest absolute Gasteiger partial charge is 0.392 e. The highest BCUT2D eigenvalue weighted by Crippen LogP contribution is 2.33. The molecule has 1 aromatic rings. The van der Waals surface area contributed by atoms with Crippen molar-refractivity contribution in [2.24, 2.45) is 5.92 Å². The molecule has 1 aliphatic rings. The van der Waals surface area contributed by atoms with Crippen LogP contribution in [0.4, 0.5) is 0 Å². The number of sulfonamides is 1. The Hall–Kier alpha value is -0.910. The van der Waals surface area contributed by atoms with Gasteiger partial charge in [-0.25, -0.2) is 8.42 Å². The third kappa shape index (κ3) is 3.47. The van der Waals surface area contributed by atoms with Crippen LogP contribution in [0, 0.1) is 19.8 Å². The van der Waals surface area contributed by atoms with E-state index in [2.05, 4.69) is 0 Å². The van der Waals surface area contributed by atoms with Gasteiger partial charge in [0, 0.05) is 12.6 Å². The number of hydrogen-bond acceptors (Lipinski definition) is 3. The number of hydrogen-bond donors (Lipinski definition) is 1. The monoisotopic (exact) mass is 311 g/mol.